The molecule has 0 unspecified atom stereocenters. The summed E-state index contributed by atoms with van der Waals surface area (Å²) >= 11 is 0. The van der Waals surface area contributed by atoms with Gasteiger partial charge in [-0.1, -0.05) is 18.2 Å². The molecule has 3 N–H and O–H groups in total. The Balaban J connectivity index is 2.11. The molecule has 0 saturated carbocycles. The van der Waals surface area contributed by atoms with Crippen molar-refractivity contribution in [2.75, 3.05) is 18.2 Å². The van der Waals surface area contributed by atoms with E-state index in [9.17, 15) is 10.1 Å². The molecule has 0 radical (unpaired) electrons. The molecule has 0 fully saturated rings. The van der Waals surface area contributed by atoms with Crippen LogP contribution < -0.4 is 15.8 Å². The number of para-hydroxylation sites is 1. The highest BCUT2D eigenvalue weighted by atomic mass is 16.6. The number of rotatable bonds is 5. The van der Waals surface area contributed by atoms with Crippen molar-refractivity contribution >= 4 is 17.5 Å². The average molecular weight is 275 g/mol. The van der Waals surface area contributed by atoms with Gasteiger partial charge >= 0.3 is 5.69 Å². The van der Waals surface area contributed by atoms with Crippen molar-refractivity contribution in [1.82, 2.24) is 9.97 Å². The summed E-state index contributed by atoms with van der Waals surface area (Å²) in [5, 5.41) is 13.5. The van der Waals surface area contributed by atoms with Crippen LogP contribution in [0.25, 0.3) is 0 Å². The zero-order chi connectivity index (χ0) is 14.5. The molecule has 8 heteroatoms. The Kier molecular flexibility index (Phi) is 3.94. The lowest BCUT2D eigenvalue weighted by molar-refractivity contribution is -0.384. The van der Waals surface area contributed by atoms with Crippen molar-refractivity contribution in [2.45, 2.75) is 6.54 Å². The Morgan fingerprint density at radius 2 is 2.20 bits per heavy atom. The number of nitro groups is 1. The monoisotopic (exact) mass is 275 g/mol. The van der Waals surface area contributed by atoms with Gasteiger partial charge in [0.1, 0.15) is 11.9 Å². The predicted molar refractivity (Wildman–Crippen MR) is 73.4 cm³/mol. The molecule has 2 rings (SSSR count). The second-order valence-corrected chi connectivity index (χ2v) is 3.89. The van der Waals surface area contributed by atoms with Crippen LogP contribution in [0, 0.1) is 10.1 Å². The smallest absolute Gasteiger partial charge is 0.329 e. The maximum Gasteiger partial charge on any atom is 0.329 e. The summed E-state index contributed by atoms with van der Waals surface area (Å²) in [4.78, 5) is 17.7. The van der Waals surface area contributed by atoms with Crippen LogP contribution >= 0.6 is 0 Å². The third-order valence-electron chi connectivity index (χ3n) is 2.62. The van der Waals surface area contributed by atoms with Crippen molar-refractivity contribution in [3.8, 4) is 5.75 Å². The lowest BCUT2D eigenvalue weighted by Gasteiger charge is -2.09. The number of nitrogen functional groups attached to an aromatic ring is 1. The molecule has 1 aromatic heterocycles. The molecule has 0 saturated heterocycles. The lowest BCUT2D eigenvalue weighted by atomic mass is 10.2. The Morgan fingerprint density at radius 3 is 2.85 bits per heavy atom. The van der Waals surface area contributed by atoms with Gasteiger partial charge in [0.05, 0.1) is 12.0 Å². The summed E-state index contributed by atoms with van der Waals surface area (Å²) in [6.45, 7) is 0.418. The number of ether oxygens (including phenoxy) is 1. The van der Waals surface area contributed by atoms with Crippen molar-refractivity contribution in [2.24, 2.45) is 0 Å². The van der Waals surface area contributed by atoms with Crippen LogP contribution in [0.15, 0.2) is 30.5 Å². The number of nitrogens with one attached hydrogen (secondary N) is 1. The number of aromatic nitrogens is 2. The summed E-state index contributed by atoms with van der Waals surface area (Å²) in [5.41, 5.74) is 6.09. The average Bonchev–Trinajstić information content (AvgIpc) is 2.45. The molecule has 1 heterocycles. The summed E-state index contributed by atoms with van der Waals surface area (Å²) in [6, 6.07) is 7.47. The quantitative estimate of drug-likeness (QED) is 0.628. The highest BCUT2D eigenvalue weighted by molar-refractivity contribution is 5.53. The van der Waals surface area contributed by atoms with Gasteiger partial charge in [0.2, 0.25) is 11.8 Å². The van der Waals surface area contributed by atoms with E-state index in [1.807, 2.05) is 24.3 Å². The number of benzene rings is 1. The first kappa shape index (κ1) is 13.5. The van der Waals surface area contributed by atoms with Crippen molar-refractivity contribution in [3.05, 3.63) is 46.1 Å². The van der Waals surface area contributed by atoms with Gasteiger partial charge in [-0.3, -0.25) is 10.1 Å². The second kappa shape index (κ2) is 5.83. The minimum atomic E-state index is -0.626. The van der Waals surface area contributed by atoms with E-state index in [-0.39, 0.29) is 17.5 Å². The van der Waals surface area contributed by atoms with E-state index in [2.05, 4.69) is 15.3 Å². The number of hydrogen-bond donors (Lipinski definition) is 2. The van der Waals surface area contributed by atoms with Gasteiger partial charge in [-0.25, -0.2) is 4.98 Å². The van der Waals surface area contributed by atoms with Gasteiger partial charge < -0.3 is 15.8 Å². The molecular formula is C12H13N5O3. The fraction of sp³-hybridized carbons (Fsp3) is 0.167. The third kappa shape index (κ3) is 2.91. The fourth-order valence-electron chi connectivity index (χ4n) is 1.64. The lowest BCUT2D eigenvalue weighted by Crippen LogP contribution is -2.07. The summed E-state index contributed by atoms with van der Waals surface area (Å²) in [6.07, 6.45) is 1.08. The van der Waals surface area contributed by atoms with E-state index in [1.54, 1.807) is 7.11 Å². The molecule has 8 nitrogen and oxygen atoms in total. The number of nitrogens with zero attached hydrogens (tertiary/aromatic N) is 3. The predicted octanol–water partition coefficient (Wildman–Crippen LogP) is 1.59. The van der Waals surface area contributed by atoms with Crippen LogP contribution in [-0.2, 0) is 6.54 Å². The molecule has 0 amide bonds. The van der Waals surface area contributed by atoms with E-state index in [4.69, 9.17) is 10.5 Å². The zero-order valence-corrected chi connectivity index (χ0v) is 10.7. The summed E-state index contributed by atoms with van der Waals surface area (Å²) < 4.78 is 5.21. The van der Waals surface area contributed by atoms with E-state index in [0.717, 1.165) is 17.5 Å². The molecule has 20 heavy (non-hydrogen) atoms. The van der Waals surface area contributed by atoms with Crippen LogP contribution in [0.5, 0.6) is 5.75 Å². The van der Waals surface area contributed by atoms with Crippen molar-refractivity contribution < 1.29 is 9.66 Å². The number of nitrogens with two attached hydrogens (primary N) is 1. The van der Waals surface area contributed by atoms with Gasteiger partial charge in [-0.15, -0.1) is 0 Å². The summed E-state index contributed by atoms with van der Waals surface area (Å²) in [7, 11) is 1.58. The molecular weight excluding hydrogens is 262 g/mol. The van der Waals surface area contributed by atoms with E-state index in [1.165, 1.54) is 0 Å². The first-order chi connectivity index (χ1) is 9.61. The van der Waals surface area contributed by atoms with Crippen molar-refractivity contribution in [3.63, 3.8) is 0 Å². The molecule has 0 atom stereocenters. The Hall–Kier alpha value is -2.90. The molecule has 0 aliphatic heterocycles. The Morgan fingerprint density at radius 1 is 1.45 bits per heavy atom. The minimum Gasteiger partial charge on any atom is -0.496 e. The third-order valence-corrected chi connectivity index (χ3v) is 2.62. The first-order valence-electron chi connectivity index (χ1n) is 5.74. The maximum absolute atomic E-state index is 10.6. The number of methoxy groups -OCH3 is 1. The molecule has 104 valence electrons. The van der Waals surface area contributed by atoms with Crippen LogP contribution in [0.2, 0.25) is 0 Å². The first-order valence-corrected chi connectivity index (χ1v) is 5.74. The summed E-state index contributed by atoms with van der Waals surface area (Å²) in [5.74, 6) is 0.779. The Bertz CT molecular complexity index is 632. The molecule has 0 spiro atoms. The van der Waals surface area contributed by atoms with E-state index in [0.29, 0.717) is 6.54 Å². The molecule has 0 aliphatic rings. The minimum absolute atomic E-state index is 0.174. The van der Waals surface area contributed by atoms with Gasteiger partial charge in [0, 0.05) is 12.1 Å². The van der Waals surface area contributed by atoms with Crippen molar-refractivity contribution in [1.29, 1.82) is 0 Å². The van der Waals surface area contributed by atoms with Crippen LogP contribution in [-0.4, -0.2) is 22.0 Å². The molecule has 0 aliphatic carbocycles. The molecule has 1 aromatic carbocycles. The van der Waals surface area contributed by atoms with E-state index >= 15 is 0 Å². The fourth-order valence-corrected chi connectivity index (χ4v) is 1.64. The van der Waals surface area contributed by atoms with Crippen LogP contribution in [0.3, 0.4) is 0 Å². The maximum atomic E-state index is 10.6. The Labute approximate surface area is 114 Å². The highest BCUT2D eigenvalue weighted by Gasteiger charge is 2.14. The second-order valence-electron chi connectivity index (χ2n) is 3.89. The standard InChI is InChI=1S/C12H13N5O3/c1-20-10-5-3-2-4-8(10)6-14-12-15-7-9(17(18)19)11(13)16-12/h2-5,7H,6H2,1H3,(H3,13,14,15,16). The zero-order valence-electron chi connectivity index (χ0n) is 10.7. The van der Waals surface area contributed by atoms with Gasteiger partial charge in [0.25, 0.3) is 0 Å². The van der Waals surface area contributed by atoms with E-state index < -0.39 is 4.92 Å². The largest absolute Gasteiger partial charge is 0.496 e. The SMILES string of the molecule is COc1ccccc1CNc1ncc([N+](=O)[O-])c(N)n1. The number of hydrogen-bond acceptors (Lipinski definition) is 7. The van der Waals surface area contributed by atoms with Gasteiger partial charge in [-0.05, 0) is 6.07 Å². The van der Waals surface area contributed by atoms with Crippen LogP contribution in [0.4, 0.5) is 17.5 Å². The molecule has 0 bridgehead atoms. The van der Waals surface area contributed by atoms with Gasteiger partial charge in [-0.2, -0.15) is 4.98 Å². The topological polar surface area (TPSA) is 116 Å². The highest BCUT2D eigenvalue weighted by Crippen LogP contribution is 2.20. The van der Waals surface area contributed by atoms with Crippen LogP contribution in [0.1, 0.15) is 5.56 Å². The normalized spacial score (nSPS) is 10.1. The molecule has 2 aromatic rings. The van der Waals surface area contributed by atoms with Gasteiger partial charge in [0.15, 0.2) is 0 Å². The number of anilines is 2.